The van der Waals surface area contributed by atoms with Gasteiger partial charge in [-0.3, -0.25) is 4.79 Å². The highest BCUT2D eigenvalue weighted by Gasteiger charge is 2.38. The maximum Gasteiger partial charge on any atom is 0.172 e. The fraction of sp³-hybridized carbons (Fsp3) is 0.588. The van der Waals surface area contributed by atoms with Crippen molar-refractivity contribution in [2.24, 2.45) is 11.3 Å². The lowest BCUT2D eigenvalue weighted by Crippen LogP contribution is -2.42. The van der Waals surface area contributed by atoms with E-state index in [0.717, 1.165) is 25.9 Å². The molecule has 1 aliphatic rings. The normalized spacial score (nSPS) is 19.6. The lowest BCUT2D eigenvalue weighted by molar-refractivity contribution is 0.0704. The molecule has 0 bridgehead atoms. The van der Waals surface area contributed by atoms with Gasteiger partial charge in [0.25, 0.3) is 0 Å². The van der Waals surface area contributed by atoms with Crippen molar-refractivity contribution in [2.45, 2.75) is 33.6 Å². The van der Waals surface area contributed by atoms with Gasteiger partial charge in [-0.1, -0.05) is 26.0 Å². The van der Waals surface area contributed by atoms with E-state index in [4.69, 9.17) is 4.74 Å². The van der Waals surface area contributed by atoms with Gasteiger partial charge in [-0.05, 0) is 50.9 Å². The summed E-state index contributed by atoms with van der Waals surface area (Å²) in [5.74, 6) is 1.28. The molecule has 1 N–H and O–H groups in total. The van der Waals surface area contributed by atoms with Crippen LogP contribution in [-0.2, 0) is 0 Å². The third-order valence-corrected chi connectivity index (χ3v) is 4.33. The molecule has 1 aromatic rings. The Balaban J connectivity index is 2.25. The van der Waals surface area contributed by atoms with Crippen molar-refractivity contribution < 1.29 is 9.53 Å². The van der Waals surface area contributed by atoms with Crippen molar-refractivity contribution in [3.05, 3.63) is 29.8 Å². The minimum Gasteiger partial charge on any atom is -0.493 e. The Morgan fingerprint density at radius 2 is 2.15 bits per heavy atom. The first-order valence-corrected chi connectivity index (χ1v) is 7.54. The number of benzene rings is 1. The van der Waals surface area contributed by atoms with E-state index in [1.807, 2.05) is 31.2 Å². The minimum atomic E-state index is -0.360. The summed E-state index contributed by atoms with van der Waals surface area (Å²) >= 11 is 0. The standard InChI is InChI=1S/C17H25NO2/c1-4-20-15-10-6-5-9-14(15)16(19)17(2,3)13-8-7-11-18-12-13/h5-6,9-10,13,18H,4,7-8,11-12H2,1-3H3. The Morgan fingerprint density at radius 1 is 1.40 bits per heavy atom. The molecule has 0 spiro atoms. The monoisotopic (exact) mass is 275 g/mol. The molecule has 1 atom stereocenters. The van der Waals surface area contributed by atoms with E-state index >= 15 is 0 Å². The van der Waals surface area contributed by atoms with Gasteiger partial charge >= 0.3 is 0 Å². The molecule has 0 saturated carbocycles. The molecule has 0 aliphatic carbocycles. The van der Waals surface area contributed by atoms with Crippen molar-refractivity contribution in [3.8, 4) is 5.75 Å². The van der Waals surface area contributed by atoms with Crippen molar-refractivity contribution in [3.63, 3.8) is 0 Å². The number of hydrogen-bond acceptors (Lipinski definition) is 3. The van der Waals surface area contributed by atoms with E-state index in [2.05, 4.69) is 19.2 Å². The second kappa shape index (κ2) is 6.40. The van der Waals surface area contributed by atoms with Crippen LogP contribution >= 0.6 is 0 Å². The molecule has 3 nitrogen and oxygen atoms in total. The van der Waals surface area contributed by atoms with Crippen LogP contribution in [0.4, 0.5) is 0 Å². The van der Waals surface area contributed by atoms with Gasteiger partial charge in [-0.2, -0.15) is 0 Å². The van der Waals surface area contributed by atoms with Crippen LogP contribution in [0, 0.1) is 11.3 Å². The molecular weight excluding hydrogens is 250 g/mol. The van der Waals surface area contributed by atoms with Crippen molar-refractivity contribution in [1.82, 2.24) is 5.32 Å². The topological polar surface area (TPSA) is 38.3 Å². The summed E-state index contributed by atoms with van der Waals surface area (Å²) in [4.78, 5) is 13.0. The molecule has 1 aromatic carbocycles. The van der Waals surface area contributed by atoms with Crippen LogP contribution in [0.2, 0.25) is 0 Å². The first-order chi connectivity index (χ1) is 9.57. The van der Waals surface area contributed by atoms with Crippen LogP contribution in [0.3, 0.4) is 0 Å². The molecule has 1 heterocycles. The third kappa shape index (κ3) is 3.04. The third-order valence-electron chi connectivity index (χ3n) is 4.33. The maximum absolute atomic E-state index is 13.0. The van der Waals surface area contributed by atoms with Gasteiger partial charge in [-0.15, -0.1) is 0 Å². The number of rotatable bonds is 5. The van der Waals surface area contributed by atoms with Crippen LogP contribution in [0.15, 0.2) is 24.3 Å². The molecule has 0 radical (unpaired) electrons. The summed E-state index contributed by atoms with van der Waals surface area (Å²) in [5.41, 5.74) is 0.352. The first kappa shape index (κ1) is 15.0. The van der Waals surface area contributed by atoms with Gasteiger partial charge in [0.2, 0.25) is 0 Å². The fourth-order valence-corrected chi connectivity index (χ4v) is 2.94. The molecule has 1 aliphatic heterocycles. The summed E-state index contributed by atoms with van der Waals surface area (Å²) in [6.07, 6.45) is 2.26. The van der Waals surface area contributed by atoms with E-state index < -0.39 is 0 Å². The zero-order valence-electron chi connectivity index (χ0n) is 12.7. The van der Waals surface area contributed by atoms with Crippen molar-refractivity contribution in [2.75, 3.05) is 19.7 Å². The largest absolute Gasteiger partial charge is 0.493 e. The molecule has 1 unspecified atom stereocenters. The SMILES string of the molecule is CCOc1ccccc1C(=O)C(C)(C)C1CCCNC1. The van der Waals surface area contributed by atoms with E-state index in [1.54, 1.807) is 0 Å². The smallest absolute Gasteiger partial charge is 0.172 e. The number of ketones is 1. The highest BCUT2D eigenvalue weighted by atomic mass is 16.5. The number of carbonyl (C=O) groups is 1. The summed E-state index contributed by atoms with van der Waals surface area (Å²) in [6, 6.07) is 7.58. The molecule has 20 heavy (non-hydrogen) atoms. The van der Waals surface area contributed by atoms with Gasteiger partial charge in [0.1, 0.15) is 5.75 Å². The van der Waals surface area contributed by atoms with Gasteiger partial charge < -0.3 is 10.1 Å². The van der Waals surface area contributed by atoms with E-state index in [-0.39, 0.29) is 11.2 Å². The van der Waals surface area contributed by atoms with Crippen LogP contribution < -0.4 is 10.1 Å². The average Bonchev–Trinajstić information content (AvgIpc) is 2.48. The zero-order valence-corrected chi connectivity index (χ0v) is 12.7. The Labute approximate surface area is 121 Å². The van der Waals surface area contributed by atoms with Gasteiger partial charge in [0, 0.05) is 5.41 Å². The quantitative estimate of drug-likeness (QED) is 0.838. The van der Waals surface area contributed by atoms with Crippen molar-refractivity contribution >= 4 is 5.78 Å². The lowest BCUT2D eigenvalue weighted by atomic mass is 9.70. The number of piperidine rings is 1. The Kier molecular flexibility index (Phi) is 4.81. The number of Topliss-reactive ketones (excluding diaryl/α,β-unsaturated/α-hetero) is 1. The summed E-state index contributed by atoms with van der Waals surface area (Å²) < 4.78 is 5.60. The maximum atomic E-state index is 13.0. The highest BCUT2D eigenvalue weighted by molar-refractivity contribution is 6.02. The van der Waals surface area contributed by atoms with Gasteiger partial charge in [-0.25, -0.2) is 0 Å². The van der Waals surface area contributed by atoms with Crippen LogP contribution in [-0.4, -0.2) is 25.5 Å². The Hall–Kier alpha value is -1.35. The van der Waals surface area contributed by atoms with E-state index in [9.17, 15) is 4.79 Å². The zero-order chi connectivity index (χ0) is 14.6. The fourth-order valence-electron chi connectivity index (χ4n) is 2.94. The van der Waals surface area contributed by atoms with Gasteiger partial charge in [0.05, 0.1) is 12.2 Å². The number of carbonyl (C=O) groups excluding carboxylic acids is 1. The number of nitrogens with one attached hydrogen (secondary N) is 1. The predicted molar refractivity (Wildman–Crippen MR) is 81.3 cm³/mol. The number of ether oxygens (including phenoxy) is 1. The molecule has 1 fully saturated rings. The van der Waals surface area contributed by atoms with Gasteiger partial charge in [0.15, 0.2) is 5.78 Å². The highest BCUT2D eigenvalue weighted by Crippen LogP contribution is 2.37. The first-order valence-electron chi connectivity index (χ1n) is 7.54. The van der Waals surface area contributed by atoms with E-state index in [0.29, 0.717) is 23.8 Å². The number of para-hydroxylation sites is 1. The Bertz CT molecular complexity index is 462. The van der Waals surface area contributed by atoms with Crippen LogP contribution in [0.25, 0.3) is 0 Å². The molecule has 2 rings (SSSR count). The summed E-state index contributed by atoms with van der Waals surface area (Å²) in [5, 5.41) is 3.40. The summed E-state index contributed by atoms with van der Waals surface area (Å²) in [6.45, 7) is 8.64. The van der Waals surface area contributed by atoms with Crippen molar-refractivity contribution in [1.29, 1.82) is 0 Å². The second-order valence-corrected chi connectivity index (χ2v) is 6.02. The molecule has 3 heteroatoms. The summed E-state index contributed by atoms with van der Waals surface area (Å²) in [7, 11) is 0. The molecule has 110 valence electrons. The molecule has 1 saturated heterocycles. The predicted octanol–water partition coefficient (Wildman–Crippen LogP) is 3.29. The molecule has 0 amide bonds. The molecule has 0 aromatic heterocycles. The minimum absolute atomic E-state index is 0.190. The van der Waals surface area contributed by atoms with Crippen LogP contribution in [0.5, 0.6) is 5.75 Å². The number of hydrogen-bond donors (Lipinski definition) is 1. The molecular formula is C17H25NO2. The van der Waals surface area contributed by atoms with E-state index in [1.165, 1.54) is 0 Å². The lowest BCUT2D eigenvalue weighted by Gasteiger charge is -2.36. The average molecular weight is 275 g/mol. The second-order valence-electron chi connectivity index (χ2n) is 6.02. The Morgan fingerprint density at radius 3 is 2.80 bits per heavy atom. The van der Waals surface area contributed by atoms with Crippen LogP contribution in [0.1, 0.15) is 44.0 Å².